The number of allylic oxidation sites excluding steroid dienone is 1. The number of hydrogen-bond donors (Lipinski definition) is 0. The minimum atomic E-state index is -0.264. The number of rotatable bonds is 11. The molecule has 1 aliphatic carbocycles. The summed E-state index contributed by atoms with van der Waals surface area (Å²) in [7, 11) is 0. The smallest absolute Gasteiger partial charge is 0.232 e. The number of nitrogens with zero attached hydrogens (tertiary/aromatic N) is 4. The van der Waals surface area contributed by atoms with Gasteiger partial charge < -0.3 is 14.7 Å². The van der Waals surface area contributed by atoms with Gasteiger partial charge in [-0.1, -0.05) is 84.9 Å². The van der Waals surface area contributed by atoms with Crippen molar-refractivity contribution in [3.05, 3.63) is 108 Å². The van der Waals surface area contributed by atoms with Crippen molar-refractivity contribution >= 4 is 48.4 Å². The molecule has 0 aromatic heterocycles. The fraction of sp³-hybridized carbons (Fsp3) is 0.463. The number of carbonyl (C=O) groups excluding carboxylic acids is 2. The van der Waals surface area contributed by atoms with E-state index in [2.05, 4.69) is 76.5 Å². The zero-order chi connectivity index (χ0) is 32.1. The molecule has 3 aromatic rings. The van der Waals surface area contributed by atoms with Gasteiger partial charge in [-0.15, -0.1) is 24.8 Å². The van der Waals surface area contributed by atoms with E-state index in [1.54, 1.807) is 0 Å². The molecule has 0 bridgehead atoms. The highest BCUT2D eigenvalue weighted by atomic mass is 35.5. The van der Waals surface area contributed by atoms with Gasteiger partial charge in [0.2, 0.25) is 11.8 Å². The SMILES string of the molecule is Cl.Cl.O=C1CC(C(=O)N(CCCN2CCC3(C=Cc4ccccc43)CC2)c2ccccc2)CN1CCC1CCN(Cc2ccccc2)CC1. The van der Waals surface area contributed by atoms with Crippen LogP contribution in [0.4, 0.5) is 5.69 Å². The number of likely N-dealkylation sites (tertiary alicyclic amines) is 3. The second-order valence-corrected chi connectivity index (χ2v) is 14.3. The number of amides is 2. The molecule has 262 valence electrons. The van der Waals surface area contributed by atoms with Gasteiger partial charge >= 0.3 is 0 Å². The van der Waals surface area contributed by atoms with Crippen molar-refractivity contribution in [3.8, 4) is 0 Å². The normalized spacial score (nSPS) is 20.5. The van der Waals surface area contributed by atoms with Gasteiger partial charge in [-0.3, -0.25) is 14.5 Å². The van der Waals surface area contributed by atoms with Crippen molar-refractivity contribution in [2.45, 2.75) is 56.9 Å². The first kappa shape index (κ1) is 37.1. The maximum Gasteiger partial charge on any atom is 0.232 e. The molecule has 49 heavy (non-hydrogen) atoms. The molecule has 4 aliphatic rings. The Morgan fingerprint density at radius 1 is 0.796 bits per heavy atom. The van der Waals surface area contributed by atoms with Crippen molar-refractivity contribution < 1.29 is 9.59 Å². The van der Waals surface area contributed by atoms with E-state index in [-0.39, 0.29) is 48.0 Å². The molecule has 3 heterocycles. The standard InChI is InChI=1S/C41H50N4O2.2ClH/c46-39-30-36(32-44(39)27-19-33-17-25-43(26-18-33)31-34-10-3-1-4-11-34)40(47)45(37-13-5-2-6-14-37)24-9-23-42-28-21-41(22-29-42)20-16-35-12-7-8-15-38(35)41;;/h1-8,10-16,20,33,36H,9,17-19,21-32H2;2*1H. The van der Waals surface area contributed by atoms with E-state index in [1.807, 2.05) is 40.1 Å². The lowest BCUT2D eigenvalue weighted by atomic mass is 9.74. The Labute approximate surface area is 305 Å². The zero-order valence-corrected chi connectivity index (χ0v) is 30.3. The predicted octanol–water partition coefficient (Wildman–Crippen LogP) is 7.46. The molecule has 3 fully saturated rings. The van der Waals surface area contributed by atoms with Crippen LogP contribution in [0.25, 0.3) is 6.08 Å². The molecule has 8 heteroatoms. The van der Waals surface area contributed by atoms with Gasteiger partial charge in [-0.05, 0) is 106 Å². The van der Waals surface area contributed by atoms with Gasteiger partial charge in [-0.25, -0.2) is 0 Å². The highest BCUT2D eigenvalue weighted by Gasteiger charge is 2.39. The third-order valence-corrected chi connectivity index (χ3v) is 11.3. The topological polar surface area (TPSA) is 47.1 Å². The molecule has 0 saturated carbocycles. The zero-order valence-electron chi connectivity index (χ0n) is 28.6. The summed E-state index contributed by atoms with van der Waals surface area (Å²) in [5, 5.41) is 0. The Hall–Kier alpha value is -3.16. The monoisotopic (exact) mass is 702 g/mol. The Morgan fingerprint density at radius 2 is 1.47 bits per heavy atom. The van der Waals surface area contributed by atoms with Crippen molar-refractivity contribution in [3.63, 3.8) is 0 Å². The minimum absolute atomic E-state index is 0. The van der Waals surface area contributed by atoms with Crippen molar-refractivity contribution in [2.24, 2.45) is 11.8 Å². The van der Waals surface area contributed by atoms with E-state index in [1.165, 1.54) is 29.5 Å². The van der Waals surface area contributed by atoms with Gasteiger partial charge in [0, 0.05) is 43.7 Å². The maximum absolute atomic E-state index is 14.0. The molecule has 1 spiro atoms. The summed E-state index contributed by atoms with van der Waals surface area (Å²) in [6, 6.07) is 29.6. The third kappa shape index (κ3) is 8.78. The van der Waals surface area contributed by atoms with Gasteiger partial charge in [0.25, 0.3) is 0 Å². The molecular weight excluding hydrogens is 651 g/mol. The number of fused-ring (bicyclic) bond motifs is 2. The second kappa shape index (κ2) is 17.2. The molecule has 7 rings (SSSR count). The number of piperidine rings is 2. The van der Waals surface area contributed by atoms with E-state index in [9.17, 15) is 9.59 Å². The number of anilines is 1. The highest BCUT2D eigenvalue weighted by molar-refractivity contribution is 5.99. The summed E-state index contributed by atoms with van der Waals surface area (Å²) in [4.78, 5) is 36.2. The van der Waals surface area contributed by atoms with Crippen LogP contribution in [-0.4, -0.2) is 78.9 Å². The molecule has 3 aromatic carbocycles. The van der Waals surface area contributed by atoms with Gasteiger partial charge in [0.05, 0.1) is 5.92 Å². The van der Waals surface area contributed by atoms with Gasteiger partial charge in [0.1, 0.15) is 0 Å². The highest BCUT2D eigenvalue weighted by Crippen LogP contribution is 2.43. The van der Waals surface area contributed by atoms with Crippen LogP contribution in [0, 0.1) is 11.8 Å². The molecule has 6 nitrogen and oxygen atoms in total. The lowest BCUT2D eigenvalue weighted by molar-refractivity contribution is -0.128. The van der Waals surface area contributed by atoms with Crippen LogP contribution < -0.4 is 4.90 Å². The Bertz CT molecular complexity index is 1540. The van der Waals surface area contributed by atoms with Gasteiger partial charge in [0.15, 0.2) is 0 Å². The lowest BCUT2D eigenvalue weighted by Crippen LogP contribution is -2.43. The van der Waals surface area contributed by atoms with Crippen LogP contribution in [0.1, 0.15) is 61.6 Å². The molecular formula is C41H52Cl2N4O2. The average molecular weight is 704 g/mol. The van der Waals surface area contributed by atoms with Gasteiger partial charge in [-0.2, -0.15) is 0 Å². The molecule has 0 radical (unpaired) electrons. The summed E-state index contributed by atoms with van der Waals surface area (Å²) in [5.41, 5.74) is 5.38. The lowest BCUT2D eigenvalue weighted by Gasteiger charge is -2.39. The summed E-state index contributed by atoms with van der Waals surface area (Å²) >= 11 is 0. The first-order valence-corrected chi connectivity index (χ1v) is 18.0. The number of para-hydroxylation sites is 1. The minimum Gasteiger partial charge on any atom is -0.342 e. The van der Waals surface area contributed by atoms with Crippen molar-refractivity contribution in [1.29, 1.82) is 0 Å². The van der Waals surface area contributed by atoms with E-state index < -0.39 is 0 Å². The molecule has 3 saturated heterocycles. The molecule has 1 unspecified atom stereocenters. The van der Waals surface area contributed by atoms with Crippen LogP contribution in [-0.2, 0) is 21.5 Å². The first-order valence-electron chi connectivity index (χ1n) is 18.0. The number of benzene rings is 3. The molecule has 2 amide bonds. The fourth-order valence-corrected chi connectivity index (χ4v) is 8.46. The van der Waals surface area contributed by atoms with Crippen LogP contribution in [0.3, 0.4) is 0 Å². The summed E-state index contributed by atoms with van der Waals surface area (Å²) in [6.45, 7) is 8.40. The Morgan fingerprint density at radius 3 is 2.20 bits per heavy atom. The second-order valence-electron chi connectivity index (χ2n) is 14.3. The van der Waals surface area contributed by atoms with Crippen LogP contribution in [0.2, 0.25) is 0 Å². The van der Waals surface area contributed by atoms with Crippen LogP contribution in [0.15, 0.2) is 91.0 Å². The van der Waals surface area contributed by atoms with E-state index in [0.717, 1.165) is 77.2 Å². The number of carbonyl (C=O) groups is 2. The van der Waals surface area contributed by atoms with Crippen molar-refractivity contribution in [1.82, 2.24) is 14.7 Å². The largest absolute Gasteiger partial charge is 0.342 e. The number of hydrogen-bond acceptors (Lipinski definition) is 4. The summed E-state index contributed by atoms with van der Waals surface area (Å²) < 4.78 is 0. The Kier molecular flexibility index (Phi) is 13.0. The third-order valence-electron chi connectivity index (χ3n) is 11.3. The van der Waals surface area contributed by atoms with Crippen molar-refractivity contribution in [2.75, 3.05) is 57.3 Å². The Balaban J connectivity index is 0.00000234. The summed E-state index contributed by atoms with van der Waals surface area (Å²) in [6.07, 6.45) is 11.7. The molecule has 1 atom stereocenters. The maximum atomic E-state index is 14.0. The molecule has 0 N–H and O–H groups in total. The quantitative estimate of drug-likeness (QED) is 0.208. The number of halogens is 2. The molecule has 3 aliphatic heterocycles. The predicted molar refractivity (Wildman–Crippen MR) is 204 cm³/mol. The summed E-state index contributed by atoms with van der Waals surface area (Å²) in [5.74, 6) is 0.628. The fourth-order valence-electron chi connectivity index (χ4n) is 8.46. The average Bonchev–Trinajstić information content (AvgIpc) is 3.67. The van der Waals surface area contributed by atoms with E-state index in [0.29, 0.717) is 25.4 Å². The van der Waals surface area contributed by atoms with Crippen LogP contribution in [0.5, 0.6) is 0 Å². The van der Waals surface area contributed by atoms with E-state index in [4.69, 9.17) is 0 Å². The van der Waals surface area contributed by atoms with Crippen LogP contribution >= 0.6 is 24.8 Å². The van der Waals surface area contributed by atoms with E-state index >= 15 is 0 Å². The first-order chi connectivity index (χ1) is 23.1.